The summed E-state index contributed by atoms with van der Waals surface area (Å²) in [5.74, 6) is -3.80. The number of aromatic nitrogens is 2. The molecule has 3 heterocycles. The highest BCUT2D eigenvalue weighted by molar-refractivity contribution is 6.74. The second-order valence-corrected chi connectivity index (χ2v) is 29.4. The summed E-state index contributed by atoms with van der Waals surface area (Å²) in [5.41, 5.74) is 0.536. The van der Waals surface area contributed by atoms with Crippen LogP contribution in [0.4, 0.5) is 29.3 Å². The van der Waals surface area contributed by atoms with Crippen LogP contribution in [0, 0.1) is 23.4 Å². The Bertz CT molecular complexity index is 2010. The summed E-state index contributed by atoms with van der Waals surface area (Å²) < 4.78 is 64.3. The van der Waals surface area contributed by atoms with E-state index in [1.165, 1.54) is 12.1 Å². The van der Waals surface area contributed by atoms with Crippen molar-refractivity contribution in [2.45, 2.75) is 142 Å². The molecular weight excluding hydrogens is 780 g/mol. The first-order chi connectivity index (χ1) is 26.6. The predicted octanol–water partition coefficient (Wildman–Crippen LogP) is 10.6. The molecule has 0 unspecified atom stereocenters. The van der Waals surface area contributed by atoms with Gasteiger partial charge in [-0.1, -0.05) is 54.5 Å². The molecular formula is C43H62F3N5O5Si2. The molecule has 2 aliphatic rings. The number of alkyl carbamates (subject to hydrolysis) is 1. The lowest BCUT2D eigenvalue weighted by molar-refractivity contribution is 0.0336. The smallest absolute Gasteiger partial charge is 0.408 e. The van der Waals surface area contributed by atoms with Crippen LogP contribution in [0.5, 0.6) is 0 Å². The van der Waals surface area contributed by atoms with Gasteiger partial charge in [0.25, 0.3) is 5.91 Å². The molecule has 58 heavy (non-hydrogen) atoms. The van der Waals surface area contributed by atoms with Crippen LogP contribution in [-0.4, -0.2) is 69.4 Å². The van der Waals surface area contributed by atoms with Gasteiger partial charge in [0.1, 0.15) is 34.4 Å². The van der Waals surface area contributed by atoms with Crippen LogP contribution in [0.2, 0.25) is 36.3 Å². The normalized spacial score (nSPS) is 20.5. The van der Waals surface area contributed by atoms with Crippen LogP contribution < -0.4 is 15.5 Å². The standard InChI is InChI=1S/C43H62F3N5O5Si2/c1-25-23-51(24-32(50-40(53)54-41(2,3)4)38(25)56-58(13,14)43(8,9)10)37-26-18-21-33(55-57(11,12)42(5,6)7)35(26)47-22-31(37)49-39(52)30-20-19-29(46)36(48-30)34-27(44)16-15-17-28(34)45/h15-17,19-20,22,25,32-33,38H,18,21,23-24H2,1-14H3,(H,49,52)(H,50,53)/t25-,32+,33+,38+/m0/s1. The zero-order valence-electron chi connectivity index (χ0n) is 36.6. The maximum Gasteiger partial charge on any atom is 0.408 e. The molecule has 10 nitrogen and oxygen atoms in total. The van der Waals surface area contributed by atoms with Gasteiger partial charge in [0.2, 0.25) is 0 Å². The van der Waals surface area contributed by atoms with Crippen molar-refractivity contribution in [1.29, 1.82) is 0 Å². The minimum atomic E-state index is -2.32. The number of hydrogen-bond donors (Lipinski definition) is 2. The van der Waals surface area contributed by atoms with E-state index in [0.717, 1.165) is 35.1 Å². The number of carbonyl (C=O) groups excluding carboxylic acids is 2. The van der Waals surface area contributed by atoms with Gasteiger partial charge in [-0.25, -0.2) is 22.9 Å². The number of piperidine rings is 1. The molecule has 3 aromatic rings. The van der Waals surface area contributed by atoms with Gasteiger partial charge < -0.3 is 29.1 Å². The first-order valence-corrected chi connectivity index (χ1v) is 26.0. The van der Waals surface area contributed by atoms with Gasteiger partial charge in [-0.05, 0) is 94.1 Å². The van der Waals surface area contributed by atoms with Gasteiger partial charge in [-0.15, -0.1) is 0 Å². The molecule has 5 rings (SSSR count). The Morgan fingerprint density at radius 2 is 1.45 bits per heavy atom. The highest BCUT2D eigenvalue weighted by atomic mass is 28.4. The number of rotatable bonds is 9. The third-order valence-electron chi connectivity index (χ3n) is 12.1. The third-order valence-corrected chi connectivity index (χ3v) is 21.0. The molecule has 0 spiro atoms. The summed E-state index contributed by atoms with van der Waals surface area (Å²) in [7, 11) is -4.54. The van der Waals surface area contributed by atoms with Crippen molar-refractivity contribution in [3.63, 3.8) is 0 Å². The molecule has 318 valence electrons. The molecule has 0 bridgehead atoms. The number of carbonyl (C=O) groups is 2. The summed E-state index contributed by atoms with van der Waals surface area (Å²) >= 11 is 0. The fourth-order valence-electron chi connectivity index (χ4n) is 7.00. The summed E-state index contributed by atoms with van der Waals surface area (Å²) in [5, 5.41) is 5.97. The van der Waals surface area contributed by atoms with Crippen molar-refractivity contribution in [3.8, 4) is 11.3 Å². The average Bonchev–Trinajstić information content (AvgIpc) is 3.46. The highest BCUT2D eigenvalue weighted by Crippen LogP contribution is 2.48. The molecule has 2 amide bonds. The minimum absolute atomic E-state index is 0.0406. The molecule has 15 heteroatoms. The first kappa shape index (κ1) is 45.3. The van der Waals surface area contributed by atoms with E-state index >= 15 is 4.39 Å². The van der Waals surface area contributed by atoms with E-state index in [0.29, 0.717) is 31.6 Å². The van der Waals surface area contributed by atoms with Crippen molar-refractivity contribution in [2.75, 3.05) is 23.3 Å². The predicted molar refractivity (Wildman–Crippen MR) is 228 cm³/mol. The van der Waals surface area contributed by atoms with Crippen molar-refractivity contribution in [3.05, 3.63) is 70.9 Å². The third kappa shape index (κ3) is 9.80. The highest BCUT2D eigenvalue weighted by Gasteiger charge is 2.47. The van der Waals surface area contributed by atoms with Crippen molar-refractivity contribution < 1.29 is 36.3 Å². The molecule has 1 saturated heterocycles. The number of amides is 2. The number of anilines is 2. The number of pyridine rings is 2. The van der Waals surface area contributed by atoms with Crippen LogP contribution in [0.3, 0.4) is 0 Å². The molecule has 0 radical (unpaired) electrons. The van der Waals surface area contributed by atoms with Crippen LogP contribution in [0.15, 0.2) is 36.5 Å². The zero-order chi connectivity index (χ0) is 43.3. The summed E-state index contributed by atoms with van der Waals surface area (Å²) in [6.45, 7) is 30.3. The summed E-state index contributed by atoms with van der Waals surface area (Å²) in [6, 6.07) is 4.81. The second kappa shape index (κ2) is 16.3. The molecule has 2 N–H and O–H groups in total. The zero-order valence-corrected chi connectivity index (χ0v) is 38.6. The Balaban J connectivity index is 1.59. The van der Waals surface area contributed by atoms with Crippen LogP contribution in [0.25, 0.3) is 11.3 Å². The minimum Gasteiger partial charge on any atom is -0.444 e. The Morgan fingerprint density at radius 1 is 0.845 bits per heavy atom. The quantitative estimate of drug-likeness (QED) is 0.205. The molecule has 0 saturated carbocycles. The number of nitrogens with one attached hydrogen (secondary N) is 2. The van der Waals surface area contributed by atoms with Crippen molar-refractivity contribution >= 4 is 40.0 Å². The van der Waals surface area contributed by atoms with Gasteiger partial charge in [0.15, 0.2) is 16.6 Å². The van der Waals surface area contributed by atoms with Crippen molar-refractivity contribution in [2.24, 2.45) is 5.92 Å². The van der Waals surface area contributed by atoms with Crippen LogP contribution >= 0.6 is 0 Å². The lowest BCUT2D eigenvalue weighted by Crippen LogP contribution is -2.63. The number of halogens is 3. The van der Waals surface area contributed by atoms with Gasteiger partial charge in [-0.2, -0.15) is 0 Å². The fraction of sp³-hybridized carbons (Fsp3) is 0.581. The van der Waals surface area contributed by atoms with E-state index in [2.05, 4.69) is 95.2 Å². The van der Waals surface area contributed by atoms with Gasteiger partial charge >= 0.3 is 6.09 Å². The topological polar surface area (TPSA) is 115 Å². The molecule has 1 aromatic carbocycles. The van der Waals surface area contributed by atoms with E-state index in [4.69, 9.17) is 18.6 Å². The molecule has 4 atom stereocenters. The van der Waals surface area contributed by atoms with E-state index in [-0.39, 0.29) is 33.9 Å². The Morgan fingerprint density at radius 3 is 2.03 bits per heavy atom. The maximum absolute atomic E-state index is 15.0. The molecule has 1 fully saturated rings. The SMILES string of the molecule is C[C@H]1CN(c2c(NC(=O)c3ccc(F)c(-c4c(F)cccc4F)n3)cnc3c2CC[C@H]3O[Si](C)(C)C(C)(C)C)C[C@@H](NC(=O)OC(C)(C)C)[C@@H]1O[Si](C)(C)C(C)(C)C. The fourth-order valence-corrected chi connectivity index (χ4v) is 9.72. The lowest BCUT2D eigenvalue weighted by atomic mass is 9.91. The summed E-state index contributed by atoms with van der Waals surface area (Å²) in [4.78, 5) is 38.6. The Hall–Kier alpha value is -3.80. The van der Waals surface area contributed by atoms with Crippen molar-refractivity contribution in [1.82, 2.24) is 15.3 Å². The van der Waals surface area contributed by atoms with Gasteiger partial charge in [-0.3, -0.25) is 9.78 Å². The average molecular weight is 842 g/mol. The molecule has 1 aliphatic carbocycles. The number of nitrogens with zero attached hydrogens (tertiary/aromatic N) is 3. The van der Waals surface area contributed by atoms with Crippen LogP contribution in [0.1, 0.15) is 104 Å². The Labute approximate surface area is 344 Å². The number of hydrogen-bond acceptors (Lipinski definition) is 8. The second-order valence-electron chi connectivity index (χ2n) is 19.8. The van der Waals surface area contributed by atoms with Gasteiger partial charge in [0.05, 0.1) is 47.1 Å². The van der Waals surface area contributed by atoms with E-state index in [1.807, 2.05) is 20.8 Å². The van der Waals surface area contributed by atoms with E-state index in [1.54, 1.807) is 6.20 Å². The van der Waals surface area contributed by atoms with Gasteiger partial charge in [0, 0.05) is 24.6 Å². The van der Waals surface area contributed by atoms with E-state index < -0.39 is 69.0 Å². The van der Waals surface area contributed by atoms with Crippen LogP contribution in [-0.2, 0) is 20.0 Å². The molecule has 2 aromatic heterocycles. The number of fused-ring (bicyclic) bond motifs is 1. The maximum atomic E-state index is 15.0. The molecule has 1 aliphatic heterocycles. The largest absolute Gasteiger partial charge is 0.444 e. The number of benzene rings is 1. The summed E-state index contributed by atoms with van der Waals surface area (Å²) in [6.07, 6.45) is 1.74. The first-order valence-electron chi connectivity index (χ1n) is 20.1. The lowest BCUT2D eigenvalue weighted by Gasteiger charge is -2.49. The monoisotopic (exact) mass is 841 g/mol. The Kier molecular flexibility index (Phi) is 12.8. The number of ether oxygens (including phenoxy) is 1. The van der Waals surface area contributed by atoms with E-state index in [9.17, 15) is 18.4 Å².